The molecule has 0 radical (unpaired) electrons. The number of rotatable bonds is 6. The highest BCUT2D eigenvalue weighted by atomic mass is 32.1. The fourth-order valence-corrected chi connectivity index (χ4v) is 1.14. The van der Waals surface area contributed by atoms with Crippen LogP contribution in [0.1, 0.15) is 6.92 Å². The molecule has 2 N–H and O–H groups in total. The van der Waals surface area contributed by atoms with Gasteiger partial charge in [-0.15, -0.1) is 0 Å². The van der Waals surface area contributed by atoms with Crippen LogP contribution in [0.15, 0.2) is 0 Å². The van der Waals surface area contributed by atoms with Crippen molar-refractivity contribution in [3.05, 3.63) is 0 Å². The van der Waals surface area contributed by atoms with Gasteiger partial charge < -0.3 is 20.1 Å². The third-order valence-electron chi connectivity index (χ3n) is 1.39. The van der Waals surface area contributed by atoms with Crippen molar-refractivity contribution in [1.82, 2.24) is 10.6 Å². The number of nitrogens with one attached hydrogen (secondary N) is 2. The van der Waals surface area contributed by atoms with Gasteiger partial charge in [0.15, 0.2) is 5.11 Å². The van der Waals surface area contributed by atoms with Gasteiger partial charge >= 0.3 is 0 Å². The number of hydrogen-bond acceptors (Lipinski definition) is 3. The molecule has 5 heteroatoms. The summed E-state index contributed by atoms with van der Waals surface area (Å²) in [5.74, 6) is 0. The first-order valence-corrected chi connectivity index (χ1v) is 4.63. The molecule has 0 aromatic heterocycles. The lowest BCUT2D eigenvalue weighted by Crippen LogP contribution is -2.43. The molecule has 0 saturated heterocycles. The van der Waals surface area contributed by atoms with Gasteiger partial charge in [0.05, 0.1) is 13.2 Å². The Bertz CT molecular complexity index is 144. The van der Waals surface area contributed by atoms with Crippen LogP contribution in [0.3, 0.4) is 0 Å². The standard InChI is InChI=1S/C8H18N2O2S/c1-7(6-12-3)10-8(13)9-4-5-11-2/h7H,4-6H2,1-3H3,(H2,9,10,13). The molecule has 4 nitrogen and oxygen atoms in total. The van der Waals surface area contributed by atoms with Crippen LogP contribution in [0.25, 0.3) is 0 Å². The van der Waals surface area contributed by atoms with Gasteiger partial charge in [0, 0.05) is 26.8 Å². The largest absolute Gasteiger partial charge is 0.383 e. The second-order valence-corrected chi connectivity index (χ2v) is 3.16. The zero-order valence-electron chi connectivity index (χ0n) is 8.42. The first-order valence-electron chi connectivity index (χ1n) is 4.23. The smallest absolute Gasteiger partial charge is 0.166 e. The minimum absolute atomic E-state index is 0.229. The van der Waals surface area contributed by atoms with Crippen molar-refractivity contribution in [3.63, 3.8) is 0 Å². The molecule has 0 aliphatic heterocycles. The lowest BCUT2D eigenvalue weighted by Gasteiger charge is -2.15. The molecule has 0 fully saturated rings. The van der Waals surface area contributed by atoms with Crippen LogP contribution in [0.5, 0.6) is 0 Å². The topological polar surface area (TPSA) is 42.5 Å². The highest BCUT2D eigenvalue weighted by Gasteiger charge is 2.01. The van der Waals surface area contributed by atoms with E-state index in [0.717, 1.165) is 6.54 Å². The molecule has 13 heavy (non-hydrogen) atoms. The van der Waals surface area contributed by atoms with Gasteiger partial charge in [0.1, 0.15) is 0 Å². The van der Waals surface area contributed by atoms with Gasteiger partial charge in [-0.3, -0.25) is 0 Å². The first-order chi connectivity index (χ1) is 6.20. The first kappa shape index (κ1) is 12.6. The molecule has 78 valence electrons. The number of methoxy groups -OCH3 is 2. The predicted octanol–water partition coefficient (Wildman–Crippen LogP) is 0.132. The molecule has 0 aliphatic carbocycles. The fourth-order valence-electron chi connectivity index (χ4n) is 0.833. The van der Waals surface area contributed by atoms with Crippen molar-refractivity contribution in [3.8, 4) is 0 Å². The van der Waals surface area contributed by atoms with Crippen LogP contribution in [-0.2, 0) is 9.47 Å². The van der Waals surface area contributed by atoms with Crippen molar-refractivity contribution >= 4 is 17.3 Å². The van der Waals surface area contributed by atoms with E-state index in [1.165, 1.54) is 0 Å². The zero-order chi connectivity index (χ0) is 10.1. The van der Waals surface area contributed by atoms with E-state index in [9.17, 15) is 0 Å². The van der Waals surface area contributed by atoms with Crippen LogP contribution in [-0.4, -0.2) is 45.1 Å². The summed E-state index contributed by atoms with van der Waals surface area (Å²) in [7, 11) is 3.32. The van der Waals surface area contributed by atoms with Crippen LogP contribution in [0, 0.1) is 0 Å². The van der Waals surface area contributed by atoms with Gasteiger partial charge in [0.2, 0.25) is 0 Å². The van der Waals surface area contributed by atoms with E-state index < -0.39 is 0 Å². The number of ether oxygens (including phenoxy) is 2. The maximum atomic E-state index is 5.02. The number of thiocarbonyl (C=S) groups is 1. The highest BCUT2D eigenvalue weighted by Crippen LogP contribution is 1.81. The molecule has 0 heterocycles. The van der Waals surface area contributed by atoms with Crippen molar-refractivity contribution in [1.29, 1.82) is 0 Å². The summed E-state index contributed by atoms with van der Waals surface area (Å²) in [6.07, 6.45) is 0. The summed E-state index contributed by atoms with van der Waals surface area (Å²) in [6.45, 7) is 4.03. The van der Waals surface area contributed by atoms with Gasteiger partial charge in [-0.25, -0.2) is 0 Å². The lowest BCUT2D eigenvalue weighted by atomic mass is 10.4. The summed E-state index contributed by atoms with van der Waals surface area (Å²) in [5.41, 5.74) is 0. The van der Waals surface area contributed by atoms with Gasteiger partial charge in [-0.05, 0) is 19.1 Å². The SMILES string of the molecule is COCCNC(=S)NC(C)COC. The van der Waals surface area contributed by atoms with Crippen LogP contribution in [0.2, 0.25) is 0 Å². The molecule has 0 aromatic rings. The Morgan fingerprint density at radius 3 is 2.62 bits per heavy atom. The molecule has 0 saturated carbocycles. The lowest BCUT2D eigenvalue weighted by molar-refractivity contribution is 0.178. The van der Waals surface area contributed by atoms with E-state index in [-0.39, 0.29) is 6.04 Å². The Kier molecular flexibility index (Phi) is 7.97. The Hall–Kier alpha value is -0.390. The van der Waals surface area contributed by atoms with Crippen LogP contribution >= 0.6 is 12.2 Å². The molecule has 1 unspecified atom stereocenters. The summed E-state index contributed by atoms with van der Waals surface area (Å²) < 4.78 is 9.83. The summed E-state index contributed by atoms with van der Waals surface area (Å²) in [6, 6.07) is 0.229. The molecule has 0 rings (SSSR count). The minimum atomic E-state index is 0.229. The van der Waals surface area contributed by atoms with Crippen molar-refractivity contribution in [2.24, 2.45) is 0 Å². The quantitative estimate of drug-likeness (QED) is 0.478. The van der Waals surface area contributed by atoms with Gasteiger partial charge in [-0.1, -0.05) is 0 Å². The summed E-state index contributed by atoms with van der Waals surface area (Å²) >= 11 is 5.02. The van der Waals surface area contributed by atoms with E-state index >= 15 is 0 Å². The van der Waals surface area contributed by atoms with E-state index in [0.29, 0.717) is 18.3 Å². The molecule has 1 atom stereocenters. The third kappa shape index (κ3) is 7.95. The Balaban J connectivity index is 3.38. The van der Waals surface area contributed by atoms with E-state index in [1.54, 1.807) is 14.2 Å². The van der Waals surface area contributed by atoms with E-state index in [4.69, 9.17) is 21.7 Å². The molecule has 0 aliphatic rings. The molecule has 0 bridgehead atoms. The van der Waals surface area contributed by atoms with E-state index in [1.807, 2.05) is 6.92 Å². The van der Waals surface area contributed by atoms with E-state index in [2.05, 4.69) is 10.6 Å². The predicted molar refractivity (Wildman–Crippen MR) is 57.0 cm³/mol. The molecule has 0 spiro atoms. The monoisotopic (exact) mass is 206 g/mol. The maximum absolute atomic E-state index is 5.02. The Morgan fingerprint density at radius 2 is 2.08 bits per heavy atom. The third-order valence-corrected chi connectivity index (χ3v) is 1.65. The van der Waals surface area contributed by atoms with Gasteiger partial charge in [0.25, 0.3) is 0 Å². The molecule has 0 amide bonds. The highest BCUT2D eigenvalue weighted by molar-refractivity contribution is 7.80. The average molecular weight is 206 g/mol. The van der Waals surface area contributed by atoms with Crippen molar-refractivity contribution < 1.29 is 9.47 Å². The normalized spacial score (nSPS) is 12.2. The molecule has 0 aromatic carbocycles. The zero-order valence-corrected chi connectivity index (χ0v) is 9.24. The molecular formula is C8H18N2O2S. The summed E-state index contributed by atoms with van der Waals surface area (Å²) in [4.78, 5) is 0. The van der Waals surface area contributed by atoms with Crippen molar-refractivity contribution in [2.75, 3.05) is 34.0 Å². The maximum Gasteiger partial charge on any atom is 0.166 e. The fraction of sp³-hybridized carbons (Fsp3) is 0.875. The number of hydrogen-bond donors (Lipinski definition) is 2. The second kappa shape index (κ2) is 8.22. The van der Waals surface area contributed by atoms with Crippen LogP contribution < -0.4 is 10.6 Å². The summed E-state index contributed by atoms with van der Waals surface area (Å²) in [5, 5.41) is 6.73. The average Bonchev–Trinajstić information content (AvgIpc) is 2.05. The van der Waals surface area contributed by atoms with Crippen molar-refractivity contribution in [2.45, 2.75) is 13.0 Å². The Labute approximate surface area is 85.0 Å². The Morgan fingerprint density at radius 1 is 1.38 bits per heavy atom. The van der Waals surface area contributed by atoms with Gasteiger partial charge in [-0.2, -0.15) is 0 Å². The molecular weight excluding hydrogens is 188 g/mol. The van der Waals surface area contributed by atoms with Crippen LogP contribution in [0.4, 0.5) is 0 Å². The second-order valence-electron chi connectivity index (χ2n) is 2.75. The minimum Gasteiger partial charge on any atom is -0.383 e.